The van der Waals surface area contributed by atoms with Crippen molar-refractivity contribution in [1.29, 1.82) is 0 Å². The average molecular weight is 566 g/mol. The van der Waals surface area contributed by atoms with Crippen LogP contribution in [0.25, 0.3) is 0 Å². The Hall–Kier alpha value is -4.51. The first-order valence-corrected chi connectivity index (χ1v) is 14.1. The van der Waals surface area contributed by atoms with Gasteiger partial charge in [0, 0.05) is 17.2 Å². The first kappa shape index (κ1) is 29.0. The largest absolute Gasteiger partial charge is 0.497 e. The van der Waals surface area contributed by atoms with E-state index in [9.17, 15) is 0 Å². The lowest BCUT2D eigenvalue weighted by Crippen LogP contribution is -2.33. The van der Waals surface area contributed by atoms with Crippen molar-refractivity contribution in [3.8, 4) is 35.0 Å². The van der Waals surface area contributed by atoms with Crippen LogP contribution in [0.15, 0.2) is 84.9 Å². The molecule has 216 valence electrons. The highest BCUT2D eigenvalue weighted by Crippen LogP contribution is 2.28. The lowest BCUT2D eigenvalue weighted by molar-refractivity contribution is -0.102. The number of rotatable bonds is 11. The molecule has 1 unspecified atom stereocenters. The van der Waals surface area contributed by atoms with Crippen molar-refractivity contribution < 1.29 is 28.4 Å². The van der Waals surface area contributed by atoms with Crippen molar-refractivity contribution in [2.45, 2.75) is 32.7 Å². The molecular formula is C35H35NO6. The van der Waals surface area contributed by atoms with Gasteiger partial charge in [-0.2, -0.15) is 0 Å². The summed E-state index contributed by atoms with van der Waals surface area (Å²) in [5.41, 5.74) is 4.55. The summed E-state index contributed by atoms with van der Waals surface area (Å²) in [7, 11) is 1.65. The van der Waals surface area contributed by atoms with Gasteiger partial charge in [0.15, 0.2) is 0 Å². The third-order valence-electron chi connectivity index (χ3n) is 6.70. The number of nitrogens with zero attached hydrogens (tertiary/aromatic N) is 1. The molecule has 1 aliphatic heterocycles. The molecule has 0 radical (unpaired) electrons. The molecule has 3 aromatic carbocycles. The number of pyridine rings is 1. The van der Waals surface area contributed by atoms with E-state index >= 15 is 0 Å². The molecule has 0 amide bonds. The molecule has 42 heavy (non-hydrogen) atoms. The molecule has 2 heterocycles. The summed E-state index contributed by atoms with van der Waals surface area (Å²) in [6.45, 7) is 4.96. The molecule has 1 atom stereocenters. The van der Waals surface area contributed by atoms with Gasteiger partial charge in [0.1, 0.15) is 48.9 Å². The SMILES string of the molecule is CCc1c(OCc2ccccc2)cc(OCC2COCCO2)nc1C#Cc1ccc(OCc2ccc(OC)cc2)cc1. The summed E-state index contributed by atoms with van der Waals surface area (Å²) in [6.07, 6.45) is 0.569. The molecule has 0 bridgehead atoms. The van der Waals surface area contributed by atoms with Crippen molar-refractivity contribution in [1.82, 2.24) is 4.98 Å². The molecule has 0 spiro atoms. The van der Waals surface area contributed by atoms with Crippen molar-refractivity contribution >= 4 is 0 Å². The average Bonchev–Trinajstić information content (AvgIpc) is 3.06. The maximum atomic E-state index is 6.26. The van der Waals surface area contributed by atoms with Crippen LogP contribution in [-0.2, 0) is 29.1 Å². The van der Waals surface area contributed by atoms with Gasteiger partial charge in [0.25, 0.3) is 0 Å². The fourth-order valence-electron chi connectivity index (χ4n) is 4.37. The minimum atomic E-state index is -0.139. The molecule has 1 saturated heterocycles. The van der Waals surface area contributed by atoms with Gasteiger partial charge in [-0.25, -0.2) is 4.98 Å². The Morgan fingerprint density at radius 1 is 0.810 bits per heavy atom. The van der Waals surface area contributed by atoms with E-state index in [4.69, 9.17) is 33.4 Å². The predicted molar refractivity (Wildman–Crippen MR) is 160 cm³/mol. The Balaban J connectivity index is 1.31. The summed E-state index contributed by atoms with van der Waals surface area (Å²) >= 11 is 0. The molecular weight excluding hydrogens is 530 g/mol. The van der Waals surface area contributed by atoms with Gasteiger partial charge in [0.05, 0.1) is 26.9 Å². The van der Waals surface area contributed by atoms with E-state index in [2.05, 4.69) is 18.8 Å². The number of aromatic nitrogens is 1. The monoisotopic (exact) mass is 565 g/mol. The second-order valence-electron chi connectivity index (χ2n) is 9.70. The third kappa shape index (κ3) is 8.26. The quantitative estimate of drug-likeness (QED) is 0.207. The molecule has 1 aliphatic rings. The fourth-order valence-corrected chi connectivity index (χ4v) is 4.37. The summed E-state index contributed by atoms with van der Waals surface area (Å²) in [4.78, 5) is 4.75. The van der Waals surface area contributed by atoms with E-state index in [0.717, 1.165) is 33.8 Å². The molecule has 7 nitrogen and oxygen atoms in total. The van der Waals surface area contributed by atoms with Crippen LogP contribution in [0.4, 0.5) is 0 Å². The Kier molecular flexibility index (Phi) is 10.3. The maximum absolute atomic E-state index is 6.26. The van der Waals surface area contributed by atoms with Gasteiger partial charge in [0.2, 0.25) is 5.88 Å². The number of hydrogen-bond donors (Lipinski definition) is 0. The van der Waals surface area contributed by atoms with Crippen molar-refractivity contribution in [3.63, 3.8) is 0 Å². The van der Waals surface area contributed by atoms with Crippen LogP contribution in [0.1, 0.15) is 34.9 Å². The second-order valence-corrected chi connectivity index (χ2v) is 9.70. The van der Waals surface area contributed by atoms with E-state index in [1.807, 2.05) is 84.9 Å². The number of benzene rings is 3. The van der Waals surface area contributed by atoms with E-state index in [0.29, 0.717) is 63.4 Å². The first-order chi connectivity index (χ1) is 20.7. The van der Waals surface area contributed by atoms with E-state index in [1.165, 1.54) is 0 Å². The van der Waals surface area contributed by atoms with Gasteiger partial charge in [-0.05, 0) is 59.9 Å². The van der Waals surface area contributed by atoms with Gasteiger partial charge in [-0.15, -0.1) is 0 Å². The smallest absolute Gasteiger partial charge is 0.218 e. The Morgan fingerprint density at radius 3 is 2.26 bits per heavy atom. The van der Waals surface area contributed by atoms with Gasteiger partial charge in [-0.3, -0.25) is 0 Å². The van der Waals surface area contributed by atoms with Gasteiger partial charge in [-0.1, -0.05) is 55.3 Å². The molecule has 4 aromatic rings. The van der Waals surface area contributed by atoms with E-state index < -0.39 is 0 Å². The summed E-state index contributed by atoms with van der Waals surface area (Å²) < 4.78 is 34.7. The highest BCUT2D eigenvalue weighted by molar-refractivity contribution is 5.50. The zero-order valence-corrected chi connectivity index (χ0v) is 24.0. The van der Waals surface area contributed by atoms with E-state index in [-0.39, 0.29) is 6.10 Å². The summed E-state index contributed by atoms with van der Waals surface area (Å²) in [5, 5.41) is 0. The summed E-state index contributed by atoms with van der Waals surface area (Å²) in [6, 6.07) is 27.4. The lowest BCUT2D eigenvalue weighted by Gasteiger charge is -2.23. The predicted octanol–water partition coefficient (Wildman–Crippen LogP) is 6.00. The zero-order chi connectivity index (χ0) is 29.0. The molecule has 1 fully saturated rings. The van der Waals surface area contributed by atoms with Crippen LogP contribution in [0.3, 0.4) is 0 Å². The van der Waals surface area contributed by atoms with Crippen molar-refractivity contribution in [3.05, 3.63) is 113 Å². The van der Waals surface area contributed by atoms with Crippen molar-refractivity contribution in [2.75, 3.05) is 33.5 Å². The Labute approximate surface area is 247 Å². The lowest BCUT2D eigenvalue weighted by atomic mass is 10.1. The van der Waals surface area contributed by atoms with E-state index in [1.54, 1.807) is 7.11 Å². The normalized spacial score (nSPS) is 14.4. The number of ether oxygens (including phenoxy) is 6. The van der Waals surface area contributed by atoms with Crippen molar-refractivity contribution in [2.24, 2.45) is 0 Å². The number of methoxy groups -OCH3 is 1. The minimum Gasteiger partial charge on any atom is -0.497 e. The van der Waals surface area contributed by atoms with Crippen LogP contribution < -0.4 is 18.9 Å². The number of hydrogen-bond acceptors (Lipinski definition) is 7. The fraction of sp³-hybridized carbons (Fsp3) is 0.286. The highest BCUT2D eigenvalue weighted by Gasteiger charge is 2.17. The molecule has 7 heteroatoms. The van der Waals surface area contributed by atoms with Gasteiger partial charge < -0.3 is 28.4 Å². The van der Waals surface area contributed by atoms with Crippen LogP contribution in [-0.4, -0.2) is 44.6 Å². The van der Waals surface area contributed by atoms with Crippen LogP contribution in [0.5, 0.6) is 23.1 Å². The zero-order valence-electron chi connectivity index (χ0n) is 24.0. The Bertz CT molecular complexity index is 1470. The minimum absolute atomic E-state index is 0.139. The molecule has 0 aliphatic carbocycles. The van der Waals surface area contributed by atoms with Crippen LogP contribution in [0, 0.1) is 11.8 Å². The maximum Gasteiger partial charge on any atom is 0.218 e. The third-order valence-corrected chi connectivity index (χ3v) is 6.70. The second kappa shape index (κ2) is 14.9. The van der Waals surface area contributed by atoms with Gasteiger partial charge >= 0.3 is 0 Å². The topological polar surface area (TPSA) is 68.3 Å². The molecule has 1 aromatic heterocycles. The highest BCUT2D eigenvalue weighted by atomic mass is 16.6. The Morgan fingerprint density at radius 2 is 1.55 bits per heavy atom. The van der Waals surface area contributed by atoms with Crippen LogP contribution in [0.2, 0.25) is 0 Å². The summed E-state index contributed by atoms with van der Waals surface area (Å²) in [5.74, 6) is 9.24. The first-order valence-electron chi connectivity index (χ1n) is 14.1. The molecule has 0 saturated carbocycles. The molecule has 5 rings (SSSR count). The molecule has 0 N–H and O–H groups in total. The standard InChI is InChI=1S/C35H35NO6/c1-3-32-33(18-13-26-9-16-30(17-10-26)40-22-28-11-14-29(37-2)15-12-28)36-35(42-25-31-24-38-19-20-39-31)21-34(32)41-23-27-7-5-4-6-8-27/h4-12,14-17,21,31H,3,19-20,22-25H2,1-2H3. The van der Waals surface area contributed by atoms with Crippen LogP contribution >= 0.6 is 0 Å².